The van der Waals surface area contributed by atoms with Crippen LogP contribution in [0.2, 0.25) is 5.02 Å². The Hall–Kier alpha value is -1.52. The first kappa shape index (κ1) is 20.2. The van der Waals surface area contributed by atoms with Crippen LogP contribution < -0.4 is 10.7 Å². The van der Waals surface area contributed by atoms with E-state index in [-0.39, 0.29) is 17.0 Å². The van der Waals surface area contributed by atoms with E-state index in [2.05, 4.69) is 4.74 Å². The average molecular weight is 451 g/mol. The number of benzene rings is 1. The van der Waals surface area contributed by atoms with Crippen LogP contribution in [0.15, 0.2) is 23.0 Å². The van der Waals surface area contributed by atoms with Crippen LogP contribution >= 0.6 is 35.1 Å². The van der Waals surface area contributed by atoms with E-state index in [0.717, 1.165) is 0 Å². The first-order valence-electron chi connectivity index (χ1n) is 6.80. The molecule has 0 amide bonds. The molecular weight excluding hydrogens is 445 g/mol. The molecule has 1 unspecified atom stereocenters. The fraction of sp³-hybridized carbons (Fsp3) is 0.308. The zero-order valence-corrected chi connectivity index (χ0v) is 14.9. The van der Waals surface area contributed by atoms with Gasteiger partial charge in [0.05, 0.1) is 32.9 Å². The van der Waals surface area contributed by atoms with Gasteiger partial charge in [0, 0.05) is 11.9 Å². The highest BCUT2D eigenvalue weighted by Crippen LogP contribution is 2.54. The summed E-state index contributed by atoms with van der Waals surface area (Å²) in [4.78, 5) is 0. The van der Waals surface area contributed by atoms with Crippen LogP contribution in [0.3, 0.4) is 0 Å². The molecule has 0 aromatic heterocycles. The second-order valence-corrected chi connectivity index (χ2v) is 6.99. The number of alkyl halides is 6. The smallest absolute Gasteiger partial charge is 0.383 e. The summed E-state index contributed by atoms with van der Waals surface area (Å²) < 4.78 is 84.8. The lowest BCUT2D eigenvalue weighted by Gasteiger charge is -2.31. The molecule has 2 aliphatic rings. The second kappa shape index (κ2) is 6.52. The predicted molar refractivity (Wildman–Crippen MR) is 84.7 cm³/mol. The van der Waals surface area contributed by atoms with Gasteiger partial charge < -0.3 is 5.73 Å². The molecule has 5 nitrogen and oxygen atoms in total. The minimum absolute atomic E-state index is 0.181. The maximum atomic E-state index is 13.8. The maximum absolute atomic E-state index is 13.8. The molecule has 2 heterocycles. The molecule has 0 radical (unpaired) electrons. The summed E-state index contributed by atoms with van der Waals surface area (Å²) >= 11 is 11.6. The standard InChI is InChI=1S/C13H6Cl2F6N4OS/c14-6-1-4-5(13(20,21)26-12(4,18)19)2-7(6)24-10(23)9(15)8(3-22)25(24)27-11(16)17/h1-2,8,11H,23H2. The highest BCUT2D eigenvalue weighted by molar-refractivity contribution is 7.97. The van der Waals surface area contributed by atoms with Crippen LogP contribution in [-0.4, -0.2) is 16.2 Å². The number of hydrogen-bond donors (Lipinski definition) is 1. The number of anilines is 1. The summed E-state index contributed by atoms with van der Waals surface area (Å²) in [7, 11) is 0. The van der Waals surface area contributed by atoms with Crippen LogP contribution in [0.25, 0.3) is 0 Å². The summed E-state index contributed by atoms with van der Waals surface area (Å²) in [5, 5.41) is 8.95. The molecule has 0 aliphatic carbocycles. The summed E-state index contributed by atoms with van der Waals surface area (Å²) in [5.41, 5.74) is 2.85. The van der Waals surface area contributed by atoms with Crippen molar-refractivity contribution >= 4 is 40.8 Å². The molecule has 2 N–H and O–H groups in total. The number of hydrogen-bond acceptors (Lipinski definition) is 6. The molecule has 0 saturated heterocycles. The quantitative estimate of drug-likeness (QED) is 0.534. The first-order chi connectivity index (χ1) is 12.4. The Morgan fingerprint density at radius 1 is 1.19 bits per heavy atom. The van der Waals surface area contributed by atoms with Crippen LogP contribution in [0.5, 0.6) is 0 Å². The number of halogens is 8. The molecule has 0 saturated carbocycles. The third-order valence-electron chi connectivity index (χ3n) is 3.64. The van der Waals surface area contributed by atoms with Gasteiger partial charge >= 0.3 is 12.2 Å². The largest absolute Gasteiger partial charge is 0.388 e. The molecule has 1 aromatic rings. The van der Waals surface area contributed by atoms with Crippen molar-refractivity contribution < 1.29 is 31.1 Å². The molecular formula is C13H6Cl2F6N4OS. The normalized spacial score (nSPS) is 23.9. The van der Waals surface area contributed by atoms with Gasteiger partial charge in [0.2, 0.25) is 0 Å². The van der Waals surface area contributed by atoms with Crippen LogP contribution in [0.4, 0.5) is 32.0 Å². The van der Waals surface area contributed by atoms with Crippen molar-refractivity contribution in [3.8, 4) is 6.07 Å². The molecule has 0 fully saturated rings. The van der Waals surface area contributed by atoms with E-state index in [1.807, 2.05) is 0 Å². The van der Waals surface area contributed by atoms with Crippen molar-refractivity contribution in [1.29, 1.82) is 5.26 Å². The number of nitrogens with two attached hydrogens (primary N) is 1. The van der Waals surface area contributed by atoms with Crippen molar-refractivity contribution in [1.82, 2.24) is 4.41 Å². The molecule has 0 spiro atoms. The van der Waals surface area contributed by atoms with Gasteiger partial charge in [0.15, 0.2) is 6.04 Å². The van der Waals surface area contributed by atoms with Crippen molar-refractivity contribution in [2.75, 3.05) is 5.01 Å². The van der Waals surface area contributed by atoms with Gasteiger partial charge in [-0.1, -0.05) is 23.2 Å². The minimum atomic E-state index is -4.37. The van der Waals surface area contributed by atoms with E-state index in [0.29, 0.717) is 21.6 Å². The van der Waals surface area contributed by atoms with E-state index in [1.54, 1.807) is 6.07 Å². The van der Waals surface area contributed by atoms with Gasteiger partial charge in [0.1, 0.15) is 5.82 Å². The topological polar surface area (TPSA) is 65.5 Å². The predicted octanol–water partition coefficient (Wildman–Crippen LogP) is 4.64. The van der Waals surface area contributed by atoms with E-state index in [4.69, 9.17) is 34.2 Å². The Morgan fingerprint density at radius 3 is 2.26 bits per heavy atom. The van der Waals surface area contributed by atoms with E-state index < -0.39 is 51.7 Å². The van der Waals surface area contributed by atoms with Gasteiger partial charge in [0.25, 0.3) is 5.76 Å². The number of fused-ring (bicyclic) bond motifs is 1. The fourth-order valence-electron chi connectivity index (χ4n) is 2.57. The lowest BCUT2D eigenvalue weighted by molar-refractivity contribution is -0.369. The second-order valence-electron chi connectivity index (χ2n) is 5.23. The van der Waals surface area contributed by atoms with Crippen molar-refractivity contribution in [2.24, 2.45) is 5.73 Å². The Balaban J connectivity index is 2.17. The first-order valence-corrected chi connectivity index (χ1v) is 8.39. The molecule has 1 atom stereocenters. The Bertz CT molecular complexity index is 877. The molecule has 0 bridgehead atoms. The number of nitriles is 1. The van der Waals surface area contributed by atoms with E-state index in [9.17, 15) is 26.3 Å². The van der Waals surface area contributed by atoms with Gasteiger partial charge in [-0.2, -0.15) is 31.6 Å². The van der Waals surface area contributed by atoms with Crippen molar-refractivity contribution in [2.45, 2.75) is 24.0 Å². The Kier molecular flexibility index (Phi) is 4.89. The number of hydrazine groups is 1. The molecule has 2 aliphatic heterocycles. The van der Waals surface area contributed by atoms with Crippen LogP contribution in [-0.2, 0) is 17.0 Å². The van der Waals surface area contributed by atoms with Gasteiger partial charge in [-0.05, 0) is 12.1 Å². The lowest BCUT2D eigenvalue weighted by Crippen LogP contribution is -2.39. The Labute approximate surface area is 161 Å². The lowest BCUT2D eigenvalue weighted by atomic mass is 10.1. The van der Waals surface area contributed by atoms with Crippen LogP contribution in [0, 0.1) is 11.3 Å². The van der Waals surface area contributed by atoms with E-state index >= 15 is 0 Å². The zero-order valence-electron chi connectivity index (χ0n) is 12.6. The third kappa shape index (κ3) is 3.17. The summed E-state index contributed by atoms with van der Waals surface area (Å²) in [6.45, 7) is 0. The van der Waals surface area contributed by atoms with Gasteiger partial charge in [-0.15, -0.1) is 4.41 Å². The molecule has 1 aromatic carbocycles. The molecule has 146 valence electrons. The average Bonchev–Trinajstić information content (AvgIpc) is 2.86. The van der Waals surface area contributed by atoms with Crippen molar-refractivity contribution in [3.63, 3.8) is 0 Å². The molecule has 3 rings (SSSR count). The summed E-state index contributed by atoms with van der Waals surface area (Å²) in [6.07, 6.45) is -8.67. The molecule has 14 heteroatoms. The highest BCUT2D eigenvalue weighted by atomic mass is 35.5. The molecule has 27 heavy (non-hydrogen) atoms. The monoisotopic (exact) mass is 450 g/mol. The maximum Gasteiger partial charge on any atom is 0.388 e. The van der Waals surface area contributed by atoms with E-state index in [1.165, 1.54) is 0 Å². The number of ether oxygens (including phenoxy) is 1. The fourth-order valence-corrected chi connectivity index (χ4v) is 3.80. The van der Waals surface area contributed by atoms with Crippen molar-refractivity contribution in [3.05, 3.63) is 39.1 Å². The van der Waals surface area contributed by atoms with Gasteiger partial charge in [-0.25, -0.2) is 9.75 Å². The van der Waals surface area contributed by atoms with Crippen LogP contribution in [0.1, 0.15) is 11.1 Å². The number of nitrogens with zero attached hydrogens (tertiary/aromatic N) is 3. The number of rotatable bonds is 3. The Morgan fingerprint density at radius 2 is 1.74 bits per heavy atom. The minimum Gasteiger partial charge on any atom is -0.383 e. The third-order valence-corrected chi connectivity index (χ3v) is 5.09. The highest BCUT2D eigenvalue weighted by Gasteiger charge is 2.58. The summed E-state index contributed by atoms with van der Waals surface area (Å²) in [5.74, 6) is -3.49. The van der Waals surface area contributed by atoms with Gasteiger partial charge in [-0.3, -0.25) is 0 Å². The zero-order chi connectivity index (χ0) is 20.3. The summed E-state index contributed by atoms with van der Waals surface area (Å²) in [6, 6.07) is 1.18. The SMILES string of the molecule is N#CC1C(Cl)=C(N)N(c2cc3c(cc2Cl)C(F)(F)OC3(F)F)N1SC(F)F.